The van der Waals surface area contributed by atoms with Crippen LogP contribution in [-0.4, -0.2) is 9.97 Å². The van der Waals surface area contributed by atoms with Crippen LogP contribution in [0.2, 0.25) is 0 Å². The molecule has 0 fully saturated rings. The molecular formula is C11H12N2+4. The molecule has 1 aromatic carbocycles. The standard InChI is InChI=1S/C11H8N2/c1-2-4-10-8(3-1)9-5-6-12-7-11(9)13-10/h1-7,13H/p+4. The number of hydrogen-bond acceptors (Lipinski definition) is 1. The van der Waals surface area contributed by atoms with Crippen molar-refractivity contribution < 1.29 is 5.71 Å². The van der Waals surface area contributed by atoms with Crippen LogP contribution in [0.15, 0.2) is 42.7 Å². The number of aromatic amines is 1. The van der Waals surface area contributed by atoms with Crippen LogP contribution in [0, 0.1) is 0 Å². The molecule has 2 heteroatoms. The lowest BCUT2D eigenvalue weighted by Crippen LogP contribution is -1.68. The molecule has 1 N–H and O–H groups in total. The molecule has 0 saturated carbocycles. The van der Waals surface area contributed by atoms with Gasteiger partial charge in [0.2, 0.25) is 0 Å². The average molecular weight is 172 g/mol. The lowest BCUT2D eigenvalue weighted by Gasteiger charge is -1.87. The van der Waals surface area contributed by atoms with Gasteiger partial charge in [0.05, 0.1) is 11.7 Å². The molecule has 0 aliphatic heterocycles. The second-order valence-electron chi connectivity index (χ2n) is 3.09. The number of nitrogens with one attached hydrogen (secondary N) is 1. The van der Waals surface area contributed by atoms with Gasteiger partial charge >= 0.3 is 5.71 Å². The van der Waals surface area contributed by atoms with Gasteiger partial charge in [0.15, 0.2) is 0 Å². The maximum atomic E-state index is 4.08. The zero-order chi connectivity index (χ0) is 8.67. The highest BCUT2D eigenvalue weighted by Gasteiger charge is 2.00. The molecular weight excluding hydrogens is 160 g/mol. The summed E-state index contributed by atoms with van der Waals surface area (Å²) >= 11 is 0. The number of nitrogens with zero attached hydrogens (tertiary/aromatic N) is 1. The topological polar surface area (TPSA) is 28.7 Å². The minimum atomic E-state index is 0. The highest BCUT2D eigenvalue weighted by Crippen LogP contribution is 2.23. The SMILES string of the molecule is [H+].[H+].[H+].[H+].c1ccc2c(c1)[nH]c1cnccc12. The number of hydrogen-bond donors (Lipinski definition) is 1. The summed E-state index contributed by atoms with van der Waals surface area (Å²) in [6, 6.07) is 10.3. The maximum Gasteiger partial charge on any atom is 1.00 e. The van der Waals surface area contributed by atoms with Gasteiger partial charge in [0.1, 0.15) is 0 Å². The predicted molar refractivity (Wildman–Crippen MR) is 58.0 cm³/mol. The van der Waals surface area contributed by atoms with Gasteiger partial charge in [0.25, 0.3) is 0 Å². The summed E-state index contributed by atoms with van der Waals surface area (Å²) in [5.74, 6) is 0. The number of benzene rings is 1. The van der Waals surface area contributed by atoms with E-state index in [1.165, 1.54) is 16.3 Å². The largest absolute Gasteiger partial charge is 1.00 e. The van der Waals surface area contributed by atoms with Crippen LogP contribution in [0.25, 0.3) is 21.8 Å². The van der Waals surface area contributed by atoms with Crippen LogP contribution < -0.4 is 0 Å². The quantitative estimate of drug-likeness (QED) is 0.554. The summed E-state index contributed by atoms with van der Waals surface area (Å²) in [7, 11) is 0. The van der Waals surface area contributed by atoms with Gasteiger partial charge in [-0.25, -0.2) is 0 Å². The second-order valence-corrected chi connectivity index (χ2v) is 3.09. The van der Waals surface area contributed by atoms with Crippen molar-refractivity contribution in [2.75, 3.05) is 0 Å². The van der Waals surface area contributed by atoms with Crippen molar-refractivity contribution in [3.63, 3.8) is 0 Å². The Kier molecular flexibility index (Phi) is 1.19. The molecule has 0 radical (unpaired) electrons. The first-order chi connectivity index (χ1) is 6.45. The average Bonchev–Trinajstić information content (AvgIpc) is 2.56. The summed E-state index contributed by atoms with van der Waals surface area (Å²) in [5, 5.41) is 2.51. The van der Waals surface area contributed by atoms with Crippen molar-refractivity contribution in [2.45, 2.75) is 0 Å². The molecule has 0 bridgehead atoms. The molecule has 0 aliphatic carbocycles. The number of H-pyrrole nitrogens is 1. The van der Waals surface area contributed by atoms with Crippen molar-refractivity contribution in [3.8, 4) is 0 Å². The third-order valence-corrected chi connectivity index (χ3v) is 2.31. The van der Waals surface area contributed by atoms with E-state index in [0.29, 0.717) is 0 Å². The van der Waals surface area contributed by atoms with E-state index < -0.39 is 0 Å². The van der Waals surface area contributed by atoms with Crippen molar-refractivity contribution in [1.29, 1.82) is 0 Å². The Hall–Kier alpha value is -1.83. The Balaban J connectivity index is 0. The Morgan fingerprint density at radius 1 is 1.00 bits per heavy atom. The Bertz CT molecular complexity index is 529. The number of aromatic nitrogens is 2. The molecule has 0 atom stereocenters. The Morgan fingerprint density at radius 3 is 2.85 bits per heavy atom. The molecule has 3 rings (SSSR count). The van der Waals surface area contributed by atoms with E-state index in [1.54, 1.807) is 0 Å². The Labute approximate surface area is 81.2 Å². The number of rotatable bonds is 0. The number of pyridine rings is 1. The molecule has 2 heterocycles. The second kappa shape index (κ2) is 2.33. The van der Waals surface area contributed by atoms with Crippen molar-refractivity contribution >= 4 is 21.8 Å². The van der Waals surface area contributed by atoms with E-state index in [-0.39, 0.29) is 5.71 Å². The van der Waals surface area contributed by atoms with Gasteiger partial charge < -0.3 is 4.98 Å². The lowest BCUT2D eigenvalue weighted by molar-refractivity contribution is 1.35. The van der Waals surface area contributed by atoms with Gasteiger partial charge in [-0.15, -0.1) is 0 Å². The summed E-state index contributed by atoms with van der Waals surface area (Å²) in [6.45, 7) is 0. The third-order valence-electron chi connectivity index (χ3n) is 2.31. The highest BCUT2D eigenvalue weighted by atomic mass is 14.7. The maximum absolute atomic E-state index is 4.08. The van der Waals surface area contributed by atoms with Crippen LogP contribution in [0.1, 0.15) is 5.71 Å². The summed E-state index contributed by atoms with van der Waals surface area (Å²) in [5.41, 5.74) is 2.27. The lowest BCUT2D eigenvalue weighted by atomic mass is 10.2. The molecule has 3 aromatic rings. The van der Waals surface area contributed by atoms with Gasteiger partial charge in [-0.1, -0.05) is 18.2 Å². The minimum absolute atomic E-state index is 0. The van der Waals surface area contributed by atoms with Gasteiger partial charge in [-0.3, -0.25) is 4.98 Å². The first-order valence-corrected chi connectivity index (χ1v) is 4.25. The van der Waals surface area contributed by atoms with Crippen molar-refractivity contribution in [3.05, 3.63) is 42.7 Å². The Morgan fingerprint density at radius 2 is 1.85 bits per heavy atom. The van der Waals surface area contributed by atoms with Crippen LogP contribution in [0.5, 0.6) is 0 Å². The van der Waals surface area contributed by atoms with Gasteiger partial charge in [-0.2, -0.15) is 0 Å². The van der Waals surface area contributed by atoms with E-state index in [0.717, 1.165) is 5.52 Å². The molecule has 13 heavy (non-hydrogen) atoms. The zero-order valence-corrected chi connectivity index (χ0v) is 6.99. The van der Waals surface area contributed by atoms with E-state index >= 15 is 0 Å². The van der Waals surface area contributed by atoms with Crippen LogP contribution in [-0.2, 0) is 0 Å². The van der Waals surface area contributed by atoms with E-state index in [4.69, 9.17) is 0 Å². The molecule has 0 spiro atoms. The molecule has 2 aromatic heterocycles. The smallest absolute Gasteiger partial charge is 0.353 e. The molecule has 0 amide bonds. The molecule has 0 aliphatic rings. The number of fused-ring (bicyclic) bond motifs is 3. The first-order valence-electron chi connectivity index (χ1n) is 4.25. The molecule has 0 unspecified atom stereocenters. The fourth-order valence-corrected chi connectivity index (χ4v) is 1.70. The van der Waals surface area contributed by atoms with E-state index in [1.807, 2.05) is 24.5 Å². The molecule has 0 saturated heterocycles. The first kappa shape index (κ1) is 6.66. The fourth-order valence-electron chi connectivity index (χ4n) is 1.70. The van der Waals surface area contributed by atoms with Crippen LogP contribution >= 0.6 is 0 Å². The minimum Gasteiger partial charge on any atom is -0.353 e. The van der Waals surface area contributed by atoms with Crippen molar-refractivity contribution in [1.82, 2.24) is 9.97 Å². The normalized spacial score (nSPS) is 11.1. The van der Waals surface area contributed by atoms with E-state index in [9.17, 15) is 0 Å². The monoisotopic (exact) mass is 172 g/mol. The molecule has 62 valence electrons. The number of para-hydroxylation sites is 1. The third kappa shape index (κ3) is 0.855. The van der Waals surface area contributed by atoms with Gasteiger partial charge in [-0.05, 0) is 12.1 Å². The summed E-state index contributed by atoms with van der Waals surface area (Å²) in [6.07, 6.45) is 3.68. The molecule has 2 nitrogen and oxygen atoms in total. The van der Waals surface area contributed by atoms with E-state index in [2.05, 4.69) is 28.2 Å². The summed E-state index contributed by atoms with van der Waals surface area (Å²) < 4.78 is 0. The summed E-state index contributed by atoms with van der Waals surface area (Å²) in [4.78, 5) is 7.39. The fraction of sp³-hybridized carbons (Fsp3) is 0. The predicted octanol–water partition coefficient (Wildman–Crippen LogP) is 3.17. The van der Waals surface area contributed by atoms with Gasteiger partial charge in [0, 0.05) is 22.5 Å². The van der Waals surface area contributed by atoms with Crippen LogP contribution in [0.4, 0.5) is 0 Å². The van der Waals surface area contributed by atoms with Crippen LogP contribution in [0.3, 0.4) is 0 Å². The van der Waals surface area contributed by atoms with Crippen molar-refractivity contribution in [2.24, 2.45) is 0 Å². The highest BCUT2D eigenvalue weighted by molar-refractivity contribution is 6.06. The zero-order valence-electron chi connectivity index (χ0n) is 11.0.